The molecule has 8 heteroatoms. The van der Waals surface area contributed by atoms with Gasteiger partial charge in [0.05, 0.1) is 12.3 Å². The van der Waals surface area contributed by atoms with Crippen molar-refractivity contribution < 1.29 is 23.6 Å². The zero-order chi connectivity index (χ0) is 17.7. The third-order valence-electron chi connectivity index (χ3n) is 3.01. The van der Waals surface area contributed by atoms with Crippen molar-refractivity contribution in [3.63, 3.8) is 0 Å². The van der Waals surface area contributed by atoms with Crippen LogP contribution in [0, 0.1) is 6.92 Å². The van der Waals surface area contributed by atoms with E-state index in [-0.39, 0.29) is 29.5 Å². The van der Waals surface area contributed by atoms with E-state index in [0.717, 1.165) is 0 Å². The van der Waals surface area contributed by atoms with Crippen molar-refractivity contribution in [3.05, 3.63) is 41.1 Å². The minimum Gasteiger partial charge on any atom is -0.462 e. The lowest BCUT2D eigenvalue weighted by atomic mass is 10.1. The predicted octanol–water partition coefficient (Wildman–Crippen LogP) is 2.37. The number of nitrogens with zero attached hydrogens (tertiary/aromatic N) is 1. The molecule has 2 aromatic rings. The fourth-order valence-electron chi connectivity index (χ4n) is 2.02. The van der Waals surface area contributed by atoms with Crippen molar-refractivity contribution >= 4 is 29.4 Å². The Hall–Kier alpha value is -3.16. The molecule has 0 spiro atoms. The van der Waals surface area contributed by atoms with Gasteiger partial charge in [-0.2, -0.15) is 0 Å². The molecule has 0 fully saturated rings. The zero-order valence-electron chi connectivity index (χ0n) is 13.5. The van der Waals surface area contributed by atoms with Gasteiger partial charge in [-0.25, -0.2) is 4.79 Å². The molecule has 24 heavy (non-hydrogen) atoms. The topological polar surface area (TPSA) is 111 Å². The molecule has 0 aliphatic rings. The van der Waals surface area contributed by atoms with Crippen molar-refractivity contribution in [1.82, 2.24) is 5.16 Å². The SMILES string of the molecule is CCOC(=O)c1c(C)noc1NC(=O)c1cccc(NC(C)=O)c1. The van der Waals surface area contributed by atoms with Crippen LogP contribution in [0.3, 0.4) is 0 Å². The molecule has 1 aromatic heterocycles. The lowest BCUT2D eigenvalue weighted by Gasteiger charge is -2.07. The van der Waals surface area contributed by atoms with Crippen LogP contribution in [0.25, 0.3) is 0 Å². The van der Waals surface area contributed by atoms with Crippen molar-refractivity contribution in [3.8, 4) is 0 Å². The van der Waals surface area contributed by atoms with Gasteiger partial charge in [-0.3, -0.25) is 14.9 Å². The normalized spacial score (nSPS) is 10.1. The highest BCUT2D eigenvalue weighted by atomic mass is 16.5. The summed E-state index contributed by atoms with van der Waals surface area (Å²) >= 11 is 0. The molecular formula is C16H17N3O5. The highest BCUT2D eigenvalue weighted by Gasteiger charge is 2.23. The first kappa shape index (κ1) is 17.2. The summed E-state index contributed by atoms with van der Waals surface area (Å²) in [7, 11) is 0. The summed E-state index contributed by atoms with van der Waals surface area (Å²) < 4.78 is 9.92. The Morgan fingerprint density at radius 3 is 2.67 bits per heavy atom. The molecule has 0 radical (unpaired) electrons. The summed E-state index contributed by atoms with van der Waals surface area (Å²) in [4.78, 5) is 35.3. The van der Waals surface area contributed by atoms with E-state index in [9.17, 15) is 14.4 Å². The van der Waals surface area contributed by atoms with Gasteiger partial charge in [0.2, 0.25) is 11.8 Å². The van der Waals surface area contributed by atoms with Gasteiger partial charge >= 0.3 is 5.97 Å². The van der Waals surface area contributed by atoms with Gasteiger partial charge in [0.1, 0.15) is 5.56 Å². The second-order valence-electron chi connectivity index (χ2n) is 4.91. The molecule has 2 N–H and O–H groups in total. The van der Waals surface area contributed by atoms with Crippen LogP contribution in [-0.4, -0.2) is 29.5 Å². The molecule has 2 amide bonds. The Bertz CT molecular complexity index is 782. The van der Waals surface area contributed by atoms with E-state index in [1.807, 2.05) is 0 Å². The highest BCUT2D eigenvalue weighted by molar-refractivity contribution is 6.07. The number of benzene rings is 1. The van der Waals surface area contributed by atoms with Gasteiger partial charge < -0.3 is 14.6 Å². The smallest absolute Gasteiger partial charge is 0.345 e. The van der Waals surface area contributed by atoms with Crippen LogP contribution in [0.5, 0.6) is 0 Å². The average Bonchev–Trinajstić information content (AvgIpc) is 2.87. The van der Waals surface area contributed by atoms with Crippen LogP contribution in [0.4, 0.5) is 11.6 Å². The Kier molecular flexibility index (Phi) is 5.31. The molecular weight excluding hydrogens is 314 g/mol. The number of anilines is 2. The Balaban J connectivity index is 2.21. The second kappa shape index (κ2) is 7.40. The minimum absolute atomic E-state index is 0.0724. The maximum atomic E-state index is 12.3. The maximum Gasteiger partial charge on any atom is 0.345 e. The number of hydrogen-bond donors (Lipinski definition) is 2. The molecule has 0 saturated heterocycles. The van der Waals surface area contributed by atoms with Crippen LogP contribution < -0.4 is 10.6 Å². The Morgan fingerprint density at radius 2 is 2.00 bits per heavy atom. The fourth-order valence-corrected chi connectivity index (χ4v) is 2.02. The van der Waals surface area contributed by atoms with Crippen LogP contribution in [0.15, 0.2) is 28.8 Å². The van der Waals surface area contributed by atoms with Gasteiger partial charge in [-0.05, 0) is 32.0 Å². The van der Waals surface area contributed by atoms with E-state index in [1.54, 1.807) is 32.0 Å². The molecule has 0 atom stereocenters. The largest absolute Gasteiger partial charge is 0.462 e. The lowest BCUT2D eigenvalue weighted by Crippen LogP contribution is -2.15. The molecule has 0 bridgehead atoms. The van der Waals surface area contributed by atoms with Gasteiger partial charge in [-0.15, -0.1) is 0 Å². The molecule has 2 rings (SSSR count). The summed E-state index contributed by atoms with van der Waals surface area (Å²) in [5, 5.41) is 8.75. The molecule has 0 saturated carbocycles. The molecule has 0 unspecified atom stereocenters. The van der Waals surface area contributed by atoms with E-state index in [4.69, 9.17) is 9.26 Å². The van der Waals surface area contributed by atoms with E-state index in [2.05, 4.69) is 15.8 Å². The zero-order valence-corrected chi connectivity index (χ0v) is 13.5. The number of carbonyl (C=O) groups excluding carboxylic acids is 3. The van der Waals surface area contributed by atoms with Crippen molar-refractivity contribution in [2.45, 2.75) is 20.8 Å². The summed E-state index contributed by atoms with van der Waals surface area (Å²) in [6, 6.07) is 6.34. The van der Waals surface area contributed by atoms with Crippen LogP contribution >= 0.6 is 0 Å². The first-order valence-corrected chi connectivity index (χ1v) is 7.24. The van der Waals surface area contributed by atoms with Gasteiger partial charge in [-0.1, -0.05) is 11.2 Å². The molecule has 126 valence electrons. The van der Waals surface area contributed by atoms with Crippen LogP contribution in [0.2, 0.25) is 0 Å². The average molecular weight is 331 g/mol. The van der Waals surface area contributed by atoms with E-state index in [1.165, 1.54) is 13.0 Å². The van der Waals surface area contributed by atoms with Crippen LogP contribution in [-0.2, 0) is 9.53 Å². The Labute approximate surface area is 138 Å². The van der Waals surface area contributed by atoms with Crippen molar-refractivity contribution in [2.75, 3.05) is 17.2 Å². The number of hydrogen-bond acceptors (Lipinski definition) is 6. The number of carbonyl (C=O) groups is 3. The van der Waals surface area contributed by atoms with Crippen molar-refractivity contribution in [1.29, 1.82) is 0 Å². The number of aryl methyl sites for hydroxylation is 1. The predicted molar refractivity (Wildman–Crippen MR) is 85.9 cm³/mol. The molecule has 0 aliphatic carbocycles. The minimum atomic E-state index is -0.626. The first-order valence-electron chi connectivity index (χ1n) is 7.24. The van der Waals surface area contributed by atoms with Gasteiger partial charge in [0.15, 0.2) is 0 Å². The van der Waals surface area contributed by atoms with Crippen LogP contribution in [0.1, 0.15) is 40.3 Å². The highest BCUT2D eigenvalue weighted by Crippen LogP contribution is 2.21. The number of amides is 2. The van der Waals surface area contributed by atoms with Gasteiger partial charge in [0, 0.05) is 18.2 Å². The molecule has 1 aromatic carbocycles. The number of esters is 1. The van der Waals surface area contributed by atoms with E-state index in [0.29, 0.717) is 11.4 Å². The van der Waals surface area contributed by atoms with E-state index < -0.39 is 11.9 Å². The third kappa shape index (κ3) is 3.97. The number of ether oxygens (including phenoxy) is 1. The van der Waals surface area contributed by atoms with Gasteiger partial charge in [0.25, 0.3) is 5.91 Å². The maximum absolute atomic E-state index is 12.3. The number of aromatic nitrogens is 1. The molecule has 8 nitrogen and oxygen atoms in total. The summed E-state index contributed by atoms with van der Waals surface area (Å²) in [5.74, 6) is -1.47. The second-order valence-corrected chi connectivity index (χ2v) is 4.91. The standard InChI is InChI=1S/C16H17N3O5/c1-4-23-16(22)13-9(2)19-24-15(13)18-14(21)11-6-5-7-12(8-11)17-10(3)20/h5-8H,4H2,1-3H3,(H,17,20)(H,18,21). The molecule has 0 aliphatic heterocycles. The number of nitrogens with one attached hydrogen (secondary N) is 2. The monoisotopic (exact) mass is 331 g/mol. The summed E-state index contributed by atoms with van der Waals surface area (Å²) in [6.45, 7) is 4.81. The number of rotatable bonds is 5. The lowest BCUT2D eigenvalue weighted by molar-refractivity contribution is -0.114. The summed E-state index contributed by atoms with van der Waals surface area (Å²) in [6.07, 6.45) is 0. The van der Waals surface area contributed by atoms with Crippen molar-refractivity contribution in [2.24, 2.45) is 0 Å². The quantitative estimate of drug-likeness (QED) is 0.814. The third-order valence-corrected chi connectivity index (χ3v) is 3.01. The molecule has 1 heterocycles. The fraction of sp³-hybridized carbons (Fsp3) is 0.250. The summed E-state index contributed by atoms with van der Waals surface area (Å²) in [5.41, 5.74) is 1.15. The Morgan fingerprint density at radius 1 is 1.25 bits per heavy atom. The first-order chi connectivity index (χ1) is 11.4. The van der Waals surface area contributed by atoms with E-state index >= 15 is 0 Å².